The zero-order chi connectivity index (χ0) is 28.7. The largest absolute Gasteiger partial charge is 0.493 e. The minimum absolute atomic E-state index is 0.141. The van der Waals surface area contributed by atoms with Crippen LogP contribution >= 0.6 is 0 Å². The first-order chi connectivity index (χ1) is 16.8. The van der Waals surface area contributed by atoms with Crippen LogP contribution in [-0.4, -0.2) is 32.0 Å². The first-order valence-electron chi connectivity index (χ1n) is 13.5. The van der Waals surface area contributed by atoms with Gasteiger partial charge in [-0.2, -0.15) is 0 Å². The van der Waals surface area contributed by atoms with Gasteiger partial charge in [0.05, 0.1) is 32.6 Å². The van der Waals surface area contributed by atoms with E-state index in [1.165, 1.54) is 28.1 Å². The van der Waals surface area contributed by atoms with Gasteiger partial charge in [-0.05, 0) is 73.9 Å². The van der Waals surface area contributed by atoms with Gasteiger partial charge in [0, 0.05) is 2.74 Å². The Hall–Kier alpha value is -2.20. The molecule has 4 heteroatoms. The number of rotatable bonds is 10. The molecule has 4 nitrogen and oxygen atoms in total. The maximum Gasteiger partial charge on any atom is 0.160 e. The lowest BCUT2D eigenvalue weighted by atomic mass is 10.0. The van der Waals surface area contributed by atoms with Gasteiger partial charge in [0.2, 0.25) is 0 Å². The fourth-order valence-electron chi connectivity index (χ4n) is 1.96. The van der Waals surface area contributed by atoms with E-state index in [9.17, 15) is 5.11 Å². The summed E-state index contributed by atoms with van der Waals surface area (Å²) in [5.41, 5.74) is 0.458. The van der Waals surface area contributed by atoms with Gasteiger partial charge in [-0.25, -0.2) is 0 Å². The van der Waals surface area contributed by atoms with Crippen molar-refractivity contribution in [3.8, 4) is 17.2 Å². The second-order valence-electron chi connectivity index (χ2n) is 5.45. The van der Waals surface area contributed by atoms with E-state index in [-0.39, 0.29) is 40.8 Å². The van der Waals surface area contributed by atoms with Crippen LogP contribution in [0.25, 0.3) is 0 Å². The minimum atomic E-state index is -3.19. The second-order valence-corrected chi connectivity index (χ2v) is 5.45. The van der Waals surface area contributed by atoms with E-state index in [1.807, 2.05) is 0 Å². The third-order valence-corrected chi connectivity index (χ3v) is 3.54. The lowest BCUT2D eigenvalue weighted by molar-refractivity contribution is 0.0976. The second kappa shape index (κ2) is 10.1. The Balaban J connectivity index is 2.31. The number of methoxy groups -OCH3 is 2. The van der Waals surface area contributed by atoms with Gasteiger partial charge in [0.1, 0.15) is 12.3 Å². The molecule has 0 aromatic heterocycles. The van der Waals surface area contributed by atoms with Crippen LogP contribution in [0.5, 0.6) is 17.2 Å². The summed E-state index contributed by atoms with van der Waals surface area (Å²) in [4.78, 5) is 0. The average molecular weight is 370 g/mol. The first-order valence-corrected chi connectivity index (χ1v) is 8.02. The van der Waals surface area contributed by atoms with Gasteiger partial charge in [-0.1, -0.05) is 18.5 Å². The zero-order valence-electron chi connectivity index (χ0n) is 26.3. The predicted molar refractivity (Wildman–Crippen MR) is 105 cm³/mol. The van der Waals surface area contributed by atoms with Crippen molar-refractivity contribution in [3.05, 3.63) is 52.9 Å². The summed E-state index contributed by atoms with van der Waals surface area (Å²) in [5, 5.41) is 10.6. The summed E-state index contributed by atoms with van der Waals surface area (Å²) < 4.78 is 105. The highest BCUT2D eigenvalue weighted by molar-refractivity contribution is 5.42. The summed E-state index contributed by atoms with van der Waals surface area (Å²) in [6, 6.07) is -2.42. The van der Waals surface area contributed by atoms with Crippen molar-refractivity contribution in [1.82, 2.24) is 0 Å². The maximum atomic E-state index is 10.6. The van der Waals surface area contributed by atoms with Crippen LogP contribution in [0.3, 0.4) is 0 Å². The molecule has 0 aliphatic rings. The van der Waals surface area contributed by atoms with Gasteiger partial charge >= 0.3 is 0 Å². The Bertz CT molecular complexity index is 1150. The highest BCUT2D eigenvalue weighted by Gasteiger charge is 2.07. The summed E-state index contributed by atoms with van der Waals surface area (Å²) in [6.45, 7) is -0.167. The molecule has 0 aliphatic heterocycles. The summed E-state index contributed by atoms with van der Waals surface area (Å²) in [6.07, 6.45) is -7.25. The summed E-state index contributed by atoms with van der Waals surface area (Å²) in [5.74, 6) is -0.897. The van der Waals surface area contributed by atoms with E-state index >= 15 is 0 Å². The van der Waals surface area contributed by atoms with E-state index in [1.54, 1.807) is 0 Å². The minimum Gasteiger partial charge on any atom is -0.493 e. The van der Waals surface area contributed by atoms with Gasteiger partial charge in [-0.15, -0.1) is 0 Å². The molecule has 1 N–H and O–H groups in total. The Morgan fingerprint density at radius 3 is 2.58 bits per heavy atom. The normalized spacial score (nSPS) is 20.3. The lowest BCUT2D eigenvalue weighted by Gasteiger charge is -2.13. The van der Waals surface area contributed by atoms with Crippen molar-refractivity contribution in [2.75, 3.05) is 20.8 Å². The van der Waals surface area contributed by atoms with E-state index in [0.29, 0.717) is 5.56 Å². The van der Waals surface area contributed by atoms with Gasteiger partial charge < -0.3 is 19.3 Å². The molecule has 1 unspecified atom stereocenters. The molecular weight excluding hydrogens is 328 g/mol. The van der Waals surface area contributed by atoms with Gasteiger partial charge in [0.15, 0.2) is 11.5 Å². The number of ether oxygens (including phenoxy) is 3. The number of aliphatic hydroxyl groups is 1. The molecule has 0 heterocycles. The van der Waals surface area contributed by atoms with Crippen LogP contribution in [0.2, 0.25) is 0 Å². The predicted octanol–water partition coefficient (Wildman–Crippen LogP) is 4.47. The average Bonchev–Trinajstić information content (AvgIpc) is 2.82. The highest BCUT2D eigenvalue weighted by Crippen LogP contribution is 2.28. The molecule has 1 atom stereocenters. The number of hydrogen-bond donors (Lipinski definition) is 1. The zero-order valence-corrected chi connectivity index (χ0v) is 15.3. The summed E-state index contributed by atoms with van der Waals surface area (Å²) in [7, 11) is 2.48. The highest BCUT2D eigenvalue weighted by atomic mass is 16.5. The number of benzene rings is 2. The topological polar surface area (TPSA) is 47.9 Å². The van der Waals surface area contributed by atoms with Gasteiger partial charge in [0.25, 0.3) is 0 Å². The van der Waals surface area contributed by atoms with E-state index in [0.717, 1.165) is 0 Å². The first kappa shape index (κ1) is 9.65. The molecule has 0 fully saturated rings. The summed E-state index contributed by atoms with van der Waals surface area (Å²) >= 11 is 0. The van der Waals surface area contributed by atoms with Crippen LogP contribution in [0.15, 0.2) is 36.3 Å². The molecular formula is C22H30O4. The van der Waals surface area contributed by atoms with E-state index < -0.39 is 62.2 Å². The molecule has 2 aromatic carbocycles. The Labute approximate surface area is 172 Å². The van der Waals surface area contributed by atoms with Crippen molar-refractivity contribution in [3.63, 3.8) is 0 Å². The Morgan fingerprint density at radius 2 is 1.85 bits per heavy atom. The van der Waals surface area contributed by atoms with Crippen LogP contribution in [-0.2, 0) is 6.42 Å². The van der Waals surface area contributed by atoms with Crippen LogP contribution in [0.1, 0.15) is 51.0 Å². The molecule has 0 aliphatic carbocycles. The van der Waals surface area contributed by atoms with Crippen molar-refractivity contribution < 1.29 is 34.4 Å². The molecule has 142 valence electrons. The van der Waals surface area contributed by atoms with Crippen molar-refractivity contribution in [2.45, 2.75) is 45.6 Å². The van der Waals surface area contributed by atoms with Crippen LogP contribution in [0, 0.1) is 13.8 Å². The van der Waals surface area contributed by atoms with Crippen LogP contribution in [0.4, 0.5) is 0 Å². The Kier molecular flexibility index (Phi) is 3.74. The standard InChI is InChI=1S/C22H30O4/c1-16-9-11-20(13-17(16)2)26-15-19(23)8-6-5-7-18-10-12-21(24-3)22(14-18)25-4/h9-14,19,23H,5-8,15H2,1-4H3/i5D2,9D,10D,11D,12D,13D,14D,15D2,19D. The third kappa shape index (κ3) is 5.95. The van der Waals surface area contributed by atoms with Gasteiger partial charge in [-0.3, -0.25) is 0 Å². The molecule has 0 saturated carbocycles. The SMILES string of the molecule is [2H]c1c([2H])c(OC([2H])([2H])C([2H])(O)CCC([2H])([2H])Cc2c([2H])c([2H])c(OC)c(OC)c2[2H])c([2H])c(C)c1C. The maximum absolute atomic E-state index is 10.6. The van der Waals surface area contributed by atoms with Crippen molar-refractivity contribution in [2.24, 2.45) is 0 Å². The molecule has 26 heavy (non-hydrogen) atoms. The molecule has 2 rings (SSSR count). The van der Waals surface area contributed by atoms with Crippen molar-refractivity contribution in [1.29, 1.82) is 0 Å². The number of hydrogen-bond acceptors (Lipinski definition) is 4. The quantitative estimate of drug-likeness (QED) is 0.671. The molecule has 0 saturated heterocycles. The molecule has 0 radical (unpaired) electrons. The fraction of sp³-hybridized carbons (Fsp3) is 0.455. The Morgan fingerprint density at radius 1 is 1.08 bits per heavy atom. The molecule has 0 amide bonds. The van der Waals surface area contributed by atoms with E-state index in [2.05, 4.69) is 0 Å². The van der Waals surface area contributed by atoms with Crippen LogP contribution < -0.4 is 14.2 Å². The van der Waals surface area contributed by atoms with E-state index in [4.69, 9.17) is 29.3 Å². The van der Waals surface area contributed by atoms with Crippen molar-refractivity contribution >= 4 is 0 Å². The molecule has 2 aromatic rings. The smallest absolute Gasteiger partial charge is 0.160 e. The monoisotopic (exact) mass is 369 g/mol. The molecule has 0 spiro atoms. The fourth-order valence-corrected chi connectivity index (χ4v) is 1.96. The molecule has 0 bridgehead atoms. The lowest BCUT2D eigenvalue weighted by Crippen LogP contribution is -2.17. The third-order valence-electron chi connectivity index (χ3n) is 3.54.